The summed E-state index contributed by atoms with van der Waals surface area (Å²) in [4.78, 5) is 22.0. The Morgan fingerprint density at radius 3 is 2.46 bits per heavy atom. The fourth-order valence-electron chi connectivity index (χ4n) is 4.38. The Hall–Kier alpha value is -4.04. The van der Waals surface area contributed by atoms with Crippen LogP contribution in [0.15, 0.2) is 65.2 Å². The Morgan fingerprint density at radius 1 is 1.06 bits per heavy atom. The topological polar surface area (TPSA) is 85.9 Å². The van der Waals surface area contributed by atoms with Gasteiger partial charge in [0.1, 0.15) is 5.82 Å². The Morgan fingerprint density at radius 2 is 1.80 bits per heavy atom. The highest BCUT2D eigenvalue weighted by atomic mass is 32.1. The molecule has 8 heteroatoms. The van der Waals surface area contributed by atoms with Crippen molar-refractivity contribution in [2.75, 3.05) is 7.11 Å². The molecule has 7 nitrogen and oxygen atoms in total. The van der Waals surface area contributed by atoms with Crippen molar-refractivity contribution in [2.45, 2.75) is 26.7 Å². The number of ether oxygens (including phenoxy) is 1. The van der Waals surface area contributed by atoms with E-state index in [2.05, 4.69) is 33.8 Å². The molecule has 35 heavy (non-hydrogen) atoms. The second-order valence-corrected chi connectivity index (χ2v) is 8.60. The summed E-state index contributed by atoms with van der Waals surface area (Å²) in [5, 5.41) is 2.79. The number of fused-ring (bicyclic) bond motifs is 1. The van der Waals surface area contributed by atoms with E-state index in [1.165, 1.54) is 7.11 Å². The number of hydrogen-bond donors (Lipinski definition) is 1. The lowest BCUT2D eigenvalue weighted by Crippen LogP contribution is -2.07. The van der Waals surface area contributed by atoms with Gasteiger partial charge in [0.25, 0.3) is 0 Å². The first kappa shape index (κ1) is 22.7. The zero-order valence-electron chi connectivity index (χ0n) is 19.7. The number of rotatable bonds is 6. The molecule has 0 radical (unpaired) electrons. The Labute approximate surface area is 207 Å². The highest BCUT2D eigenvalue weighted by Crippen LogP contribution is 2.33. The van der Waals surface area contributed by atoms with E-state index >= 15 is 0 Å². The number of carbonyl (C=O) groups is 1. The van der Waals surface area contributed by atoms with Gasteiger partial charge in [-0.15, -0.1) is 0 Å². The number of nitrogens with zero attached hydrogens (tertiary/aromatic N) is 3. The SMILES string of the molecule is CCCc1nc2c(C)ccc(C(=O)OC)c2n1-c1ccc(-c2ccccc2-c2nc(=S)o[nH]2)cc1. The summed E-state index contributed by atoms with van der Waals surface area (Å²) < 4.78 is 12.3. The number of benzene rings is 3. The van der Waals surface area contributed by atoms with Gasteiger partial charge in [0.2, 0.25) is 0 Å². The predicted octanol–water partition coefficient (Wildman–Crippen LogP) is 6.45. The Balaban J connectivity index is 1.67. The van der Waals surface area contributed by atoms with E-state index in [9.17, 15) is 4.79 Å². The molecule has 0 saturated carbocycles. The van der Waals surface area contributed by atoms with Gasteiger partial charge in [-0.25, -0.2) is 14.9 Å². The number of esters is 1. The molecule has 1 N–H and O–H groups in total. The Kier molecular flexibility index (Phi) is 6.05. The molecule has 0 bridgehead atoms. The number of aryl methyl sites for hydroxylation is 2. The van der Waals surface area contributed by atoms with Gasteiger partial charge < -0.3 is 9.26 Å². The minimum absolute atomic E-state index is 0.164. The standard InChI is InChI=1S/C27H24N4O3S/c1-4-7-22-28-23-16(2)10-15-21(26(32)33-3)24(23)31(22)18-13-11-17(12-14-18)19-8-5-6-9-20(19)25-29-27(35)34-30-25/h5-6,8-15H,4,7H2,1-3H3,(H,29,30,35). The van der Waals surface area contributed by atoms with Gasteiger partial charge in [0, 0.05) is 17.7 Å². The molecule has 0 atom stereocenters. The van der Waals surface area contributed by atoms with E-state index in [1.807, 2.05) is 55.5 Å². The van der Waals surface area contributed by atoms with Gasteiger partial charge in [-0.05, 0) is 60.5 Å². The van der Waals surface area contributed by atoms with Crippen LogP contribution in [-0.4, -0.2) is 32.8 Å². The summed E-state index contributed by atoms with van der Waals surface area (Å²) in [5.41, 5.74) is 6.91. The molecule has 3 aromatic carbocycles. The summed E-state index contributed by atoms with van der Waals surface area (Å²) in [7, 11) is 1.40. The molecule has 5 rings (SSSR count). The van der Waals surface area contributed by atoms with Crippen LogP contribution in [0.2, 0.25) is 0 Å². The average molecular weight is 485 g/mol. The fourth-order valence-corrected chi connectivity index (χ4v) is 4.51. The highest BCUT2D eigenvalue weighted by Gasteiger charge is 2.21. The van der Waals surface area contributed by atoms with E-state index in [0.29, 0.717) is 11.4 Å². The maximum Gasteiger partial charge on any atom is 0.340 e. The maximum absolute atomic E-state index is 12.6. The number of methoxy groups -OCH3 is 1. The van der Waals surface area contributed by atoms with Gasteiger partial charge in [0.15, 0.2) is 5.82 Å². The maximum atomic E-state index is 12.6. The lowest BCUT2D eigenvalue weighted by atomic mass is 9.99. The van der Waals surface area contributed by atoms with Crippen molar-refractivity contribution in [1.82, 2.24) is 19.7 Å². The minimum atomic E-state index is -0.380. The molecule has 176 valence electrons. The van der Waals surface area contributed by atoms with Crippen molar-refractivity contribution in [3.63, 3.8) is 0 Å². The Bertz CT molecular complexity index is 1600. The number of H-pyrrole nitrogens is 1. The summed E-state index contributed by atoms with van der Waals surface area (Å²) in [6, 6.07) is 19.8. The molecular weight excluding hydrogens is 460 g/mol. The number of hydrogen-bond acceptors (Lipinski definition) is 6. The molecule has 5 aromatic rings. The molecule has 0 fully saturated rings. The second-order valence-electron chi connectivity index (χ2n) is 8.26. The summed E-state index contributed by atoms with van der Waals surface area (Å²) in [6.45, 7) is 4.12. The van der Waals surface area contributed by atoms with Gasteiger partial charge in [-0.1, -0.05) is 49.4 Å². The van der Waals surface area contributed by atoms with E-state index in [1.54, 1.807) is 0 Å². The van der Waals surface area contributed by atoms with Crippen molar-refractivity contribution in [3.8, 4) is 28.2 Å². The van der Waals surface area contributed by atoms with Crippen molar-refractivity contribution in [1.29, 1.82) is 0 Å². The molecule has 0 aliphatic carbocycles. The van der Waals surface area contributed by atoms with E-state index < -0.39 is 0 Å². The lowest BCUT2D eigenvalue weighted by molar-refractivity contribution is 0.0602. The van der Waals surface area contributed by atoms with E-state index in [-0.39, 0.29) is 10.8 Å². The summed E-state index contributed by atoms with van der Waals surface area (Å²) in [5.74, 6) is 1.11. The van der Waals surface area contributed by atoms with Gasteiger partial charge >= 0.3 is 10.8 Å². The fraction of sp³-hybridized carbons (Fsp3) is 0.185. The molecule has 0 amide bonds. The van der Waals surface area contributed by atoms with Crippen LogP contribution in [0.4, 0.5) is 0 Å². The minimum Gasteiger partial charge on any atom is -0.465 e. The van der Waals surface area contributed by atoms with Crippen LogP contribution in [0.25, 0.3) is 39.2 Å². The zero-order chi connectivity index (χ0) is 24.5. The van der Waals surface area contributed by atoms with Crippen molar-refractivity contribution in [3.05, 3.63) is 82.5 Å². The first-order valence-corrected chi connectivity index (χ1v) is 11.8. The first-order valence-electron chi connectivity index (χ1n) is 11.4. The van der Waals surface area contributed by atoms with E-state index in [4.69, 9.17) is 26.5 Å². The number of nitrogens with one attached hydrogen (secondary N) is 1. The zero-order valence-corrected chi connectivity index (χ0v) is 20.5. The third-order valence-electron chi connectivity index (χ3n) is 6.01. The summed E-state index contributed by atoms with van der Waals surface area (Å²) >= 11 is 5.02. The van der Waals surface area contributed by atoms with Gasteiger partial charge in [0.05, 0.1) is 23.7 Å². The monoisotopic (exact) mass is 484 g/mol. The van der Waals surface area contributed by atoms with Crippen LogP contribution in [0.1, 0.15) is 35.1 Å². The van der Waals surface area contributed by atoms with Crippen molar-refractivity contribution in [2.24, 2.45) is 0 Å². The number of carbonyl (C=O) groups excluding carboxylic acids is 1. The molecule has 2 heterocycles. The highest BCUT2D eigenvalue weighted by molar-refractivity contribution is 7.71. The second kappa shape index (κ2) is 9.31. The average Bonchev–Trinajstić information content (AvgIpc) is 3.48. The normalized spacial score (nSPS) is 11.2. The molecule has 2 aromatic heterocycles. The molecule has 0 aliphatic heterocycles. The van der Waals surface area contributed by atoms with Gasteiger partial charge in [-0.2, -0.15) is 4.98 Å². The van der Waals surface area contributed by atoms with E-state index in [0.717, 1.165) is 57.6 Å². The number of aromatic amines is 1. The van der Waals surface area contributed by atoms with Crippen molar-refractivity contribution < 1.29 is 14.1 Å². The third-order valence-corrected chi connectivity index (χ3v) is 6.19. The van der Waals surface area contributed by atoms with Crippen molar-refractivity contribution >= 4 is 29.2 Å². The molecule has 0 spiro atoms. The van der Waals surface area contributed by atoms with Crippen LogP contribution in [0.5, 0.6) is 0 Å². The molecule has 0 aliphatic rings. The summed E-state index contributed by atoms with van der Waals surface area (Å²) in [6.07, 6.45) is 1.71. The van der Waals surface area contributed by atoms with Crippen LogP contribution in [-0.2, 0) is 11.2 Å². The molecule has 0 unspecified atom stereocenters. The van der Waals surface area contributed by atoms with Crippen LogP contribution < -0.4 is 0 Å². The lowest BCUT2D eigenvalue weighted by Gasteiger charge is -2.13. The molecular formula is C27H24N4O3S. The van der Waals surface area contributed by atoms with Crippen LogP contribution in [0.3, 0.4) is 0 Å². The quantitative estimate of drug-likeness (QED) is 0.220. The first-order chi connectivity index (χ1) is 17.0. The van der Waals surface area contributed by atoms with Crippen LogP contribution >= 0.6 is 12.2 Å². The van der Waals surface area contributed by atoms with Crippen LogP contribution in [0, 0.1) is 11.8 Å². The third kappa shape index (κ3) is 4.06. The smallest absolute Gasteiger partial charge is 0.340 e. The predicted molar refractivity (Wildman–Crippen MR) is 137 cm³/mol. The number of imidazole rings is 1. The van der Waals surface area contributed by atoms with Gasteiger partial charge in [-0.3, -0.25) is 4.57 Å². The largest absolute Gasteiger partial charge is 0.465 e. The molecule has 0 saturated heterocycles. The number of aromatic nitrogens is 4.